The molecular weight excluding hydrogens is 250 g/mol. The largest absolute Gasteiger partial charge is 0.496 e. The number of nitrogens with one attached hydrogen (secondary N) is 1. The number of rotatable bonds is 4. The third-order valence-electron chi connectivity index (χ3n) is 3.79. The van der Waals surface area contributed by atoms with E-state index in [0.29, 0.717) is 0 Å². The fraction of sp³-hybridized carbons (Fsp3) is 0.294. The van der Waals surface area contributed by atoms with Crippen LogP contribution in [-0.4, -0.2) is 20.8 Å². The summed E-state index contributed by atoms with van der Waals surface area (Å²) in [5.41, 5.74) is 3.59. The number of benzene rings is 2. The molecule has 0 aromatic heterocycles. The van der Waals surface area contributed by atoms with Crippen LogP contribution in [0.25, 0.3) is 0 Å². The summed E-state index contributed by atoms with van der Waals surface area (Å²) < 4.78 is 11.3. The minimum Gasteiger partial charge on any atom is -0.496 e. The van der Waals surface area contributed by atoms with E-state index in [0.717, 1.165) is 30.1 Å². The molecule has 20 heavy (non-hydrogen) atoms. The van der Waals surface area contributed by atoms with Crippen molar-refractivity contribution in [2.75, 3.05) is 20.8 Å². The van der Waals surface area contributed by atoms with Gasteiger partial charge in [-0.15, -0.1) is 0 Å². The maximum atomic E-state index is 5.83. The molecule has 1 atom stereocenters. The normalized spacial score (nSPS) is 14.5. The predicted molar refractivity (Wildman–Crippen MR) is 79.5 cm³/mol. The van der Waals surface area contributed by atoms with Crippen molar-refractivity contribution in [3.63, 3.8) is 0 Å². The lowest BCUT2D eigenvalue weighted by molar-refractivity contribution is 0.350. The minimum atomic E-state index is 0.0687. The molecule has 0 aliphatic carbocycles. The zero-order chi connectivity index (χ0) is 13.9. The Morgan fingerprint density at radius 3 is 2.70 bits per heavy atom. The van der Waals surface area contributed by atoms with Gasteiger partial charge < -0.3 is 14.8 Å². The molecule has 0 spiro atoms. The summed E-state index contributed by atoms with van der Waals surface area (Å²) in [6.45, 7) is 0.773. The Morgan fingerprint density at radius 1 is 1.10 bits per heavy atom. The van der Waals surface area contributed by atoms with Gasteiger partial charge in [-0.05, 0) is 18.7 Å². The van der Waals surface area contributed by atoms with Gasteiger partial charge >= 0.3 is 0 Å². The van der Waals surface area contributed by atoms with E-state index >= 15 is 0 Å². The summed E-state index contributed by atoms with van der Waals surface area (Å²) in [6.07, 6.45) is 0.992. The monoisotopic (exact) mass is 269 g/mol. The number of hydrogen-bond donors (Lipinski definition) is 1. The van der Waals surface area contributed by atoms with Crippen molar-refractivity contribution in [3.8, 4) is 11.5 Å². The summed E-state index contributed by atoms with van der Waals surface area (Å²) in [6, 6.07) is 14.5. The lowest BCUT2D eigenvalue weighted by Gasteiger charge is -2.21. The van der Waals surface area contributed by atoms with Gasteiger partial charge in [0.15, 0.2) is 0 Å². The third kappa shape index (κ3) is 2.14. The van der Waals surface area contributed by atoms with E-state index in [4.69, 9.17) is 9.47 Å². The summed E-state index contributed by atoms with van der Waals surface area (Å²) in [5, 5.41) is 3.38. The van der Waals surface area contributed by atoms with Crippen LogP contribution in [0.3, 0.4) is 0 Å². The highest BCUT2D eigenvalue weighted by molar-refractivity contribution is 5.51. The first-order valence-electron chi connectivity index (χ1n) is 6.90. The van der Waals surface area contributed by atoms with Gasteiger partial charge in [0.05, 0.1) is 19.8 Å². The van der Waals surface area contributed by atoms with E-state index < -0.39 is 0 Å². The molecule has 1 aliphatic rings. The smallest absolute Gasteiger partial charge is 0.127 e. The molecule has 1 unspecified atom stereocenters. The summed E-state index contributed by atoms with van der Waals surface area (Å²) >= 11 is 0. The van der Waals surface area contributed by atoms with Gasteiger partial charge in [0.2, 0.25) is 0 Å². The van der Waals surface area contributed by atoms with Crippen LogP contribution in [0.2, 0.25) is 0 Å². The van der Waals surface area contributed by atoms with Crippen LogP contribution < -0.4 is 14.8 Å². The van der Waals surface area contributed by atoms with Gasteiger partial charge in [-0.1, -0.05) is 36.4 Å². The lowest BCUT2D eigenvalue weighted by atomic mass is 9.95. The molecule has 0 fully saturated rings. The molecule has 2 aromatic carbocycles. The van der Waals surface area contributed by atoms with Gasteiger partial charge in [0, 0.05) is 17.5 Å². The Labute approximate surface area is 119 Å². The molecule has 104 valence electrons. The molecule has 3 nitrogen and oxygen atoms in total. The molecule has 0 saturated carbocycles. The average molecular weight is 269 g/mol. The highest BCUT2D eigenvalue weighted by atomic mass is 16.5. The third-order valence-corrected chi connectivity index (χ3v) is 3.79. The maximum Gasteiger partial charge on any atom is 0.127 e. The molecule has 3 heteroatoms. The topological polar surface area (TPSA) is 30.5 Å². The van der Waals surface area contributed by atoms with Gasteiger partial charge in [-0.3, -0.25) is 0 Å². The standard InChI is InChI=1S/C17H19NO2/c1-18-16(13-7-3-4-9-15(13)19-2)14-8-5-6-12-10-11-20-17(12)14/h3-9,16,18H,10-11H2,1-2H3. The van der Waals surface area contributed by atoms with Crippen LogP contribution in [0, 0.1) is 0 Å². The molecule has 1 N–H and O–H groups in total. The fourth-order valence-corrected chi connectivity index (χ4v) is 2.85. The van der Waals surface area contributed by atoms with E-state index in [9.17, 15) is 0 Å². The van der Waals surface area contributed by atoms with Crippen molar-refractivity contribution in [3.05, 3.63) is 59.2 Å². The molecule has 2 aromatic rings. The van der Waals surface area contributed by atoms with Crippen molar-refractivity contribution in [1.29, 1.82) is 0 Å². The summed E-state index contributed by atoms with van der Waals surface area (Å²) in [4.78, 5) is 0. The van der Waals surface area contributed by atoms with Crippen LogP contribution >= 0.6 is 0 Å². The second-order valence-corrected chi connectivity index (χ2v) is 4.90. The number of methoxy groups -OCH3 is 1. The van der Waals surface area contributed by atoms with Crippen LogP contribution in [-0.2, 0) is 6.42 Å². The zero-order valence-corrected chi connectivity index (χ0v) is 11.8. The fourth-order valence-electron chi connectivity index (χ4n) is 2.85. The van der Waals surface area contributed by atoms with E-state index in [-0.39, 0.29) is 6.04 Å². The van der Waals surface area contributed by atoms with Crippen LogP contribution in [0.1, 0.15) is 22.7 Å². The molecule has 0 amide bonds. The van der Waals surface area contributed by atoms with Gasteiger partial charge in [0.1, 0.15) is 11.5 Å². The highest BCUT2D eigenvalue weighted by Crippen LogP contribution is 2.38. The molecule has 1 aliphatic heterocycles. The van der Waals surface area contributed by atoms with E-state index in [1.165, 1.54) is 11.1 Å². The van der Waals surface area contributed by atoms with Gasteiger partial charge in [-0.25, -0.2) is 0 Å². The summed E-state index contributed by atoms with van der Waals surface area (Å²) in [7, 11) is 3.67. The van der Waals surface area contributed by atoms with Crippen molar-refractivity contribution >= 4 is 0 Å². The molecule has 3 rings (SSSR count). The quantitative estimate of drug-likeness (QED) is 0.925. The molecule has 0 saturated heterocycles. The first-order valence-corrected chi connectivity index (χ1v) is 6.90. The number of hydrogen-bond acceptors (Lipinski definition) is 3. The van der Waals surface area contributed by atoms with Crippen LogP contribution in [0.5, 0.6) is 11.5 Å². The van der Waals surface area contributed by atoms with E-state index in [2.05, 4.69) is 29.6 Å². The SMILES string of the molecule is CNC(c1ccccc1OC)c1cccc2c1OCC2. The molecule has 0 radical (unpaired) electrons. The number of para-hydroxylation sites is 2. The van der Waals surface area contributed by atoms with Gasteiger partial charge in [0.25, 0.3) is 0 Å². The Hall–Kier alpha value is -2.00. The Bertz CT molecular complexity index is 610. The lowest BCUT2D eigenvalue weighted by Crippen LogP contribution is -2.19. The Morgan fingerprint density at radius 2 is 1.90 bits per heavy atom. The maximum absolute atomic E-state index is 5.83. The van der Waals surface area contributed by atoms with Gasteiger partial charge in [-0.2, -0.15) is 0 Å². The highest BCUT2D eigenvalue weighted by Gasteiger charge is 2.24. The molecule has 0 bridgehead atoms. The molecule has 1 heterocycles. The number of ether oxygens (including phenoxy) is 2. The minimum absolute atomic E-state index is 0.0687. The van der Waals surface area contributed by atoms with Crippen molar-refractivity contribution in [2.24, 2.45) is 0 Å². The second-order valence-electron chi connectivity index (χ2n) is 4.90. The summed E-state index contributed by atoms with van der Waals surface area (Å²) in [5.74, 6) is 1.92. The second kappa shape index (κ2) is 5.55. The predicted octanol–water partition coefficient (Wildman–Crippen LogP) is 2.94. The van der Waals surface area contributed by atoms with Crippen LogP contribution in [0.4, 0.5) is 0 Å². The van der Waals surface area contributed by atoms with Crippen molar-refractivity contribution in [1.82, 2.24) is 5.32 Å². The van der Waals surface area contributed by atoms with E-state index in [1.807, 2.05) is 25.2 Å². The average Bonchev–Trinajstić information content (AvgIpc) is 2.98. The zero-order valence-electron chi connectivity index (χ0n) is 11.8. The first-order chi connectivity index (χ1) is 9.85. The number of fused-ring (bicyclic) bond motifs is 1. The Kier molecular flexibility index (Phi) is 3.61. The van der Waals surface area contributed by atoms with Crippen LogP contribution in [0.15, 0.2) is 42.5 Å². The van der Waals surface area contributed by atoms with Crippen molar-refractivity contribution < 1.29 is 9.47 Å². The van der Waals surface area contributed by atoms with E-state index in [1.54, 1.807) is 7.11 Å². The van der Waals surface area contributed by atoms with Crippen molar-refractivity contribution in [2.45, 2.75) is 12.5 Å². The first kappa shape index (κ1) is 13.0. The Balaban J connectivity index is 2.09. The molecular formula is C17H19NO2.